The summed E-state index contributed by atoms with van der Waals surface area (Å²) in [6, 6.07) is 9.87. The van der Waals surface area contributed by atoms with Gasteiger partial charge in [0.2, 0.25) is 0 Å². The van der Waals surface area contributed by atoms with Gasteiger partial charge in [-0.15, -0.1) is 0 Å². The van der Waals surface area contributed by atoms with Crippen LogP contribution in [0.2, 0.25) is 0 Å². The van der Waals surface area contributed by atoms with Crippen molar-refractivity contribution in [3.05, 3.63) is 29.8 Å². The van der Waals surface area contributed by atoms with E-state index in [2.05, 4.69) is 41.0 Å². The van der Waals surface area contributed by atoms with Gasteiger partial charge in [0.1, 0.15) is 0 Å². The molecule has 0 aliphatic carbocycles. The van der Waals surface area contributed by atoms with Gasteiger partial charge < -0.3 is 9.64 Å². The van der Waals surface area contributed by atoms with Crippen LogP contribution in [0.4, 0.5) is 5.69 Å². The Hall–Kier alpha value is -1.06. The lowest BCUT2D eigenvalue weighted by molar-refractivity contribution is 0.0115. The number of benzene rings is 1. The van der Waals surface area contributed by atoms with Crippen LogP contribution in [0.5, 0.6) is 0 Å². The van der Waals surface area contributed by atoms with Crippen LogP contribution in [0.25, 0.3) is 0 Å². The van der Waals surface area contributed by atoms with Crippen molar-refractivity contribution in [1.82, 2.24) is 4.90 Å². The average molecular weight is 274 g/mol. The highest BCUT2D eigenvalue weighted by atomic mass is 16.5. The second-order valence-corrected chi connectivity index (χ2v) is 5.89. The predicted molar refractivity (Wildman–Crippen MR) is 83.4 cm³/mol. The normalized spacial score (nSPS) is 22.1. The van der Waals surface area contributed by atoms with Gasteiger partial charge in [-0.3, -0.25) is 4.90 Å². The molecule has 3 heteroatoms. The molecule has 0 saturated carbocycles. The number of rotatable bonds is 3. The first-order valence-electron chi connectivity index (χ1n) is 8.02. The Morgan fingerprint density at radius 1 is 1.00 bits per heavy atom. The van der Waals surface area contributed by atoms with Crippen LogP contribution in [0, 0.1) is 0 Å². The molecule has 1 aromatic rings. The first kappa shape index (κ1) is 13.9. The number of hydrogen-bond acceptors (Lipinski definition) is 3. The van der Waals surface area contributed by atoms with E-state index in [1.165, 1.54) is 37.2 Å². The molecule has 0 bridgehead atoms. The molecule has 3 rings (SSSR count). The van der Waals surface area contributed by atoms with Gasteiger partial charge in [-0.1, -0.05) is 19.1 Å². The zero-order chi connectivity index (χ0) is 13.8. The summed E-state index contributed by atoms with van der Waals surface area (Å²) in [4.78, 5) is 5.16. The van der Waals surface area contributed by atoms with E-state index in [1.807, 2.05) is 0 Å². The predicted octanol–water partition coefficient (Wildman–Crippen LogP) is 2.55. The molecule has 0 spiro atoms. The summed E-state index contributed by atoms with van der Waals surface area (Å²) in [5, 5.41) is 0. The van der Waals surface area contributed by atoms with Crippen LogP contribution in [-0.2, 0) is 11.2 Å². The van der Waals surface area contributed by atoms with Crippen LogP contribution in [0.15, 0.2) is 24.3 Å². The second kappa shape index (κ2) is 6.59. The first-order valence-corrected chi connectivity index (χ1v) is 8.02. The number of aryl methyl sites for hydroxylation is 1. The molecule has 0 unspecified atom stereocenters. The van der Waals surface area contributed by atoms with Crippen molar-refractivity contribution in [2.75, 3.05) is 44.3 Å². The number of hydrogen-bond donors (Lipinski definition) is 0. The minimum absolute atomic E-state index is 0.769. The van der Waals surface area contributed by atoms with E-state index < -0.39 is 0 Å². The van der Waals surface area contributed by atoms with Gasteiger partial charge in [-0.2, -0.15) is 0 Å². The summed E-state index contributed by atoms with van der Waals surface area (Å²) < 4.78 is 5.45. The summed E-state index contributed by atoms with van der Waals surface area (Å²) in [5.41, 5.74) is 2.82. The van der Waals surface area contributed by atoms with Gasteiger partial charge in [0.25, 0.3) is 0 Å². The number of morpholine rings is 1. The highest BCUT2D eigenvalue weighted by Crippen LogP contribution is 2.23. The lowest BCUT2D eigenvalue weighted by atomic mass is 10.0. The zero-order valence-corrected chi connectivity index (χ0v) is 12.6. The fourth-order valence-electron chi connectivity index (χ4n) is 3.37. The number of ether oxygens (including phenoxy) is 1. The lowest BCUT2D eigenvalue weighted by Crippen LogP contribution is -2.49. The second-order valence-electron chi connectivity index (χ2n) is 5.89. The van der Waals surface area contributed by atoms with Crippen molar-refractivity contribution in [2.45, 2.75) is 32.2 Å². The molecule has 0 amide bonds. The average Bonchev–Trinajstić information content (AvgIpc) is 2.56. The van der Waals surface area contributed by atoms with Crippen molar-refractivity contribution in [1.29, 1.82) is 0 Å². The molecule has 0 N–H and O–H groups in total. The Balaban J connectivity index is 1.54. The molecule has 2 aliphatic heterocycles. The Labute approximate surface area is 122 Å². The molecule has 2 fully saturated rings. The minimum atomic E-state index is 0.769. The van der Waals surface area contributed by atoms with E-state index in [4.69, 9.17) is 4.74 Å². The summed E-state index contributed by atoms with van der Waals surface area (Å²) in [5.74, 6) is 0. The van der Waals surface area contributed by atoms with Crippen molar-refractivity contribution in [2.24, 2.45) is 0 Å². The Bertz CT molecular complexity index is 404. The van der Waals surface area contributed by atoms with Gasteiger partial charge in [0.05, 0.1) is 13.2 Å². The number of piperidine rings is 1. The van der Waals surface area contributed by atoms with E-state index >= 15 is 0 Å². The Kier molecular flexibility index (Phi) is 4.58. The van der Waals surface area contributed by atoms with Gasteiger partial charge in [0.15, 0.2) is 0 Å². The van der Waals surface area contributed by atoms with Gasteiger partial charge >= 0.3 is 0 Å². The Morgan fingerprint density at radius 3 is 2.25 bits per heavy atom. The van der Waals surface area contributed by atoms with E-state index in [1.54, 1.807) is 0 Å². The zero-order valence-electron chi connectivity index (χ0n) is 12.6. The summed E-state index contributed by atoms with van der Waals surface area (Å²) in [6.07, 6.45) is 3.70. The molecule has 20 heavy (non-hydrogen) atoms. The molecule has 0 radical (unpaired) electrons. The van der Waals surface area contributed by atoms with Crippen molar-refractivity contribution in [3.63, 3.8) is 0 Å². The molecule has 3 nitrogen and oxygen atoms in total. The van der Waals surface area contributed by atoms with Crippen LogP contribution < -0.4 is 4.90 Å². The first-order chi connectivity index (χ1) is 9.86. The van der Waals surface area contributed by atoms with Crippen LogP contribution in [0.3, 0.4) is 0 Å². The maximum Gasteiger partial charge on any atom is 0.0594 e. The summed E-state index contributed by atoms with van der Waals surface area (Å²) >= 11 is 0. The topological polar surface area (TPSA) is 15.7 Å². The van der Waals surface area contributed by atoms with Crippen LogP contribution in [0.1, 0.15) is 25.3 Å². The van der Waals surface area contributed by atoms with Crippen LogP contribution in [-0.4, -0.2) is 50.3 Å². The molecule has 2 aliphatic rings. The molecule has 110 valence electrons. The molecule has 1 aromatic carbocycles. The molecule has 2 saturated heterocycles. The largest absolute Gasteiger partial charge is 0.379 e. The summed E-state index contributed by atoms with van der Waals surface area (Å²) in [6.45, 7) is 8.66. The summed E-state index contributed by atoms with van der Waals surface area (Å²) in [7, 11) is 0. The standard InChI is InChI=1S/C17H26N2O/c1-2-15-3-5-16(6-4-15)18-9-7-17(8-10-18)19-11-13-20-14-12-19/h3-6,17H,2,7-14H2,1H3. The maximum absolute atomic E-state index is 5.45. The van der Waals surface area contributed by atoms with Crippen molar-refractivity contribution < 1.29 is 4.74 Å². The Morgan fingerprint density at radius 2 is 1.65 bits per heavy atom. The molecular formula is C17H26N2O. The molecule has 0 aromatic heterocycles. The lowest BCUT2D eigenvalue weighted by Gasteiger charge is -2.40. The quantitative estimate of drug-likeness (QED) is 0.842. The number of nitrogens with zero attached hydrogens (tertiary/aromatic N) is 2. The third-order valence-corrected chi connectivity index (χ3v) is 4.74. The maximum atomic E-state index is 5.45. The fourth-order valence-corrected chi connectivity index (χ4v) is 3.37. The SMILES string of the molecule is CCc1ccc(N2CCC(N3CCOCC3)CC2)cc1. The van der Waals surface area contributed by atoms with Gasteiger partial charge in [-0.25, -0.2) is 0 Å². The van der Waals surface area contributed by atoms with Crippen molar-refractivity contribution in [3.8, 4) is 0 Å². The number of anilines is 1. The van der Waals surface area contributed by atoms with E-state index in [9.17, 15) is 0 Å². The molecule has 2 heterocycles. The monoisotopic (exact) mass is 274 g/mol. The van der Waals surface area contributed by atoms with E-state index in [-0.39, 0.29) is 0 Å². The van der Waals surface area contributed by atoms with Crippen molar-refractivity contribution >= 4 is 5.69 Å². The molecular weight excluding hydrogens is 248 g/mol. The molecule has 0 atom stereocenters. The fraction of sp³-hybridized carbons (Fsp3) is 0.647. The highest BCUT2D eigenvalue weighted by Gasteiger charge is 2.25. The third kappa shape index (κ3) is 3.15. The third-order valence-electron chi connectivity index (χ3n) is 4.74. The highest BCUT2D eigenvalue weighted by molar-refractivity contribution is 5.48. The van der Waals surface area contributed by atoms with E-state index in [0.717, 1.165) is 38.8 Å². The van der Waals surface area contributed by atoms with Gasteiger partial charge in [-0.05, 0) is 37.0 Å². The van der Waals surface area contributed by atoms with Crippen LogP contribution >= 0.6 is 0 Å². The minimum Gasteiger partial charge on any atom is -0.379 e. The smallest absolute Gasteiger partial charge is 0.0594 e. The van der Waals surface area contributed by atoms with Gasteiger partial charge in [0, 0.05) is 37.9 Å². The van der Waals surface area contributed by atoms with E-state index in [0.29, 0.717) is 0 Å².